The molecule has 1 heterocycles. The first-order chi connectivity index (χ1) is 9.04. The molecule has 0 aliphatic carbocycles. The number of carboxylic acids is 1. The minimum absolute atomic E-state index is 0.0163. The quantitative estimate of drug-likeness (QED) is 0.878. The zero-order valence-electron chi connectivity index (χ0n) is 9.51. The molecule has 0 unspecified atom stereocenters. The van der Waals surface area contributed by atoms with E-state index in [0.717, 1.165) is 0 Å². The van der Waals surface area contributed by atoms with Crippen molar-refractivity contribution in [3.05, 3.63) is 52.0 Å². The summed E-state index contributed by atoms with van der Waals surface area (Å²) in [4.78, 5) is 18.5. The summed E-state index contributed by atoms with van der Waals surface area (Å²) in [6.07, 6.45) is 0. The summed E-state index contributed by atoms with van der Waals surface area (Å²) in [6, 6.07) is 7.91. The van der Waals surface area contributed by atoms with Crippen LogP contribution in [-0.4, -0.2) is 21.0 Å². The fourth-order valence-corrected chi connectivity index (χ4v) is 1.64. The van der Waals surface area contributed by atoms with Crippen LogP contribution in [0.4, 0.5) is 0 Å². The number of aromatic carboxylic acids is 1. The Morgan fingerprint density at radius 1 is 1.21 bits per heavy atom. The standard InChI is InChI=1S/C12H8Cl2N2O3/c13-7-1-3-8(4-2-7)19-6-11-15-9(12(17)18)5-10(14)16-11/h1-5H,6H2,(H,17,18). The minimum atomic E-state index is -1.17. The number of carbonyl (C=O) groups is 1. The Labute approximate surface area is 118 Å². The predicted octanol–water partition coefficient (Wildman–Crippen LogP) is 3.06. The van der Waals surface area contributed by atoms with Crippen molar-refractivity contribution in [1.82, 2.24) is 9.97 Å². The van der Waals surface area contributed by atoms with Crippen LogP contribution in [0.5, 0.6) is 5.75 Å². The van der Waals surface area contributed by atoms with Gasteiger partial charge in [0.05, 0.1) is 0 Å². The Morgan fingerprint density at radius 3 is 2.53 bits per heavy atom. The molecule has 19 heavy (non-hydrogen) atoms. The van der Waals surface area contributed by atoms with E-state index in [1.807, 2.05) is 0 Å². The molecule has 1 N–H and O–H groups in total. The molecule has 1 aromatic heterocycles. The van der Waals surface area contributed by atoms with E-state index in [-0.39, 0.29) is 23.3 Å². The second kappa shape index (κ2) is 5.86. The van der Waals surface area contributed by atoms with Crippen molar-refractivity contribution in [2.45, 2.75) is 6.61 Å². The Morgan fingerprint density at radius 2 is 1.89 bits per heavy atom. The summed E-state index contributed by atoms with van der Waals surface area (Å²) in [5, 5.41) is 9.50. The maximum atomic E-state index is 10.8. The zero-order valence-corrected chi connectivity index (χ0v) is 11.0. The fraction of sp³-hybridized carbons (Fsp3) is 0.0833. The maximum Gasteiger partial charge on any atom is 0.354 e. The Kier molecular flexibility index (Phi) is 4.19. The lowest BCUT2D eigenvalue weighted by molar-refractivity contribution is 0.0689. The molecule has 0 aliphatic heterocycles. The molecule has 0 saturated carbocycles. The molecular formula is C12H8Cl2N2O3. The van der Waals surface area contributed by atoms with Gasteiger partial charge >= 0.3 is 5.97 Å². The summed E-state index contributed by atoms with van der Waals surface area (Å²) in [5.74, 6) is -0.401. The summed E-state index contributed by atoms with van der Waals surface area (Å²) >= 11 is 11.5. The van der Waals surface area contributed by atoms with Crippen molar-refractivity contribution < 1.29 is 14.6 Å². The third-order valence-corrected chi connectivity index (χ3v) is 2.59. The van der Waals surface area contributed by atoms with E-state index < -0.39 is 5.97 Å². The number of benzene rings is 1. The van der Waals surface area contributed by atoms with Gasteiger partial charge < -0.3 is 9.84 Å². The molecule has 0 radical (unpaired) electrons. The molecular weight excluding hydrogens is 291 g/mol. The number of nitrogens with zero attached hydrogens (tertiary/aromatic N) is 2. The van der Waals surface area contributed by atoms with Crippen LogP contribution in [-0.2, 0) is 6.61 Å². The van der Waals surface area contributed by atoms with Crippen LogP contribution in [0, 0.1) is 0 Å². The van der Waals surface area contributed by atoms with Crippen LogP contribution < -0.4 is 4.74 Å². The van der Waals surface area contributed by atoms with Gasteiger partial charge in [-0.15, -0.1) is 0 Å². The number of ether oxygens (including phenoxy) is 1. The van der Waals surface area contributed by atoms with Crippen molar-refractivity contribution in [2.24, 2.45) is 0 Å². The third-order valence-electron chi connectivity index (χ3n) is 2.14. The van der Waals surface area contributed by atoms with Gasteiger partial charge in [-0.3, -0.25) is 0 Å². The van der Waals surface area contributed by atoms with Crippen LogP contribution >= 0.6 is 23.2 Å². The van der Waals surface area contributed by atoms with Crippen molar-refractivity contribution >= 4 is 29.2 Å². The van der Waals surface area contributed by atoms with Crippen LogP contribution in [0.2, 0.25) is 10.2 Å². The number of carboxylic acid groups (broad SMARTS) is 1. The first-order valence-electron chi connectivity index (χ1n) is 5.20. The molecule has 0 fully saturated rings. The van der Waals surface area contributed by atoms with Crippen LogP contribution in [0.25, 0.3) is 0 Å². The molecule has 2 rings (SSSR count). The molecule has 0 bridgehead atoms. The number of halogens is 2. The average Bonchev–Trinajstić information content (AvgIpc) is 2.37. The second-order valence-corrected chi connectivity index (χ2v) is 4.36. The molecule has 5 nitrogen and oxygen atoms in total. The zero-order chi connectivity index (χ0) is 13.8. The summed E-state index contributed by atoms with van der Waals surface area (Å²) in [5.41, 5.74) is -0.172. The van der Waals surface area contributed by atoms with Crippen LogP contribution in [0.3, 0.4) is 0 Å². The van der Waals surface area contributed by atoms with E-state index in [1.165, 1.54) is 6.07 Å². The number of aromatic nitrogens is 2. The highest BCUT2D eigenvalue weighted by molar-refractivity contribution is 6.30. The number of hydrogen-bond acceptors (Lipinski definition) is 4. The Hall–Kier alpha value is -1.85. The topological polar surface area (TPSA) is 72.3 Å². The highest BCUT2D eigenvalue weighted by Crippen LogP contribution is 2.16. The highest BCUT2D eigenvalue weighted by Gasteiger charge is 2.09. The van der Waals surface area contributed by atoms with Gasteiger partial charge in [0, 0.05) is 11.1 Å². The van der Waals surface area contributed by atoms with Gasteiger partial charge in [0.1, 0.15) is 17.5 Å². The fourth-order valence-electron chi connectivity index (χ4n) is 1.32. The van der Waals surface area contributed by atoms with E-state index >= 15 is 0 Å². The maximum absolute atomic E-state index is 10.8. The van der Waals surface area contributed by atoms with E-state index in [2.05, 4.69) is 9.97 Å². The molecule has 98 valence electrons. The lowest BCUT2D eigenvalue weighted by Crippen LogP contribution is -2.08. The summed E-state index contributed by atoms with van der Waals surface area (Å²) in [7, 11) is 0. The molecule has 0 spiro atoms. The van der Waals surface area contributed by atoms with Gasteiger partial charge in [-0.2, -0.15) is 0 Å². The largest absolute Gasteiger partial charge is 0.486 e. The van der Waals surface area contributed by atoms with Crippen LogP contribution in [0.15, 0.2) is 30.3 Å². The molecule has 0 atom stereocenters. The van der Waals surface area contributed by atoms with Gasteiger partial charge in [0.25, 0.3) is 0 Å². The minimum Gasteiger partial charge on any atom is -0.486 e. The van der Waals surface area contributed by atoms with Crippen molar-refractivity contribution in [2.75, 3.05) is 0 Å². The number of hydrogen-bond donors (Lipinski definition) is 1. The van der Waals surface area contributed by atoms with Gasteiger partial charge in [0.15, 0.2) is 11.5 Å². The third kappa shape index (κ3) is 3.81. The van der Waals surface area contributed by atoms with Crippen molar-refractivity contribution in [1.29, 1.82) is 0 Å². The normalized spacial score (nSPS) is 10.2. The summed E-state index contributed by atoms with van der Waals surface area (Å²) < 4.78 is 5.40. The molecule has 2 aromatic rings. The van der Waals surface area contributed by atoms with Gasteiger partial charge in [-0.25, -0.2) is 14.8 Å². The first-order valence-corrected chi connectivity index (χ1v) is 5.95. The molecule has 1 aromatic carbocycles. The molecule has 0 saturated heterocycles. The lowest BCUT2D eigenvalue weighted by atomic mass is 10.3. The monoisotopic (exact) mass is 298 g/mol. The van der Waals surface area contributed by atoms with Crippen molar-refractivity contribution in [3.8, 4) is 5.75 Å². The molecule has 0 amide bonds. The van der Waals surface area contributed by atoms with Gasteiger partial charge in [-0.1, -0.05) is 23.2 Å². The second-order valence-electron chi connectivity index (χ2n) is 3.54. The first kappa shape index (κ1) is 13.6. The lowest BCUT2D eigenvalue weighted by Gasteiger charge is -2.06. The number of rotatable bonds is 4. The Balaban J connectivity index is 2.11. The molecule has 0 aliphatic rings. The Bertz CT molecular complexity index is 602. The SMILES string of the molecule is O=C(O)c1cc(Cl)nc(COc2ccc(Cl)cc2)n1. The van der Waals surface area contributed by atoms with E-state index in [1.54, 1.807) is 24.3 Å². The van der Waals surface area contributed by atoms with E-state index in [9.17, 15) is 4.79 Å². The van der Waals surface area contributed by atoms with Crippen molar-refractivity contribution in [3.63, 3.8) is 0 Å². The van der Waals surface area contributed by atoms with Gasteiger partial charge in [-0.05, 0) is 24.3 Å². The highest BCUT2D eigenvalue weighted by atomic mass is 35.5. The summed E-state index contributed by atoms with van der Waals surface area (Å²) in [6.45, 7) is 0.0163. The average molecular weight is 299 g/mol. The predicted molar refractivity (Wildman–Crippen MR) is 69.8 cm³/mol. The van der Waals surface area contributed by atoms with Crippen LogP contribution in [0.1, 0.15) is 16.3 Å². The molecule has 7 heteroatoms. The smallest absolute Gasteiger partial charge is 0.354 e. The van der Waals surface area contributed by atoms with E-state index in [4.69, 9.17) is 33.0 Å². The van der Waals surface area contributed by atoms with E-state index in [0.29, 0.717) is 10.8 Å². The van der Waals surface area contributed by atoms with Gasteiger partial charge in [0.2, 0.25) is 0 Å².